The van der Waals surface area contributed by atoms with Crippen molar-refractivity contribution in [1.82, 2.24) is 0 Å². The van der Waals surface area contributed by atoms with Crippen LogP contribution in [0.2, 0.25) is 10.0 Å². The minimum absolute atomic E-state index is 0.123. The number of nitrogens with one attached hydrogen (secondary N) is 1. The molecule has 1 fully saturated rings. The van der Waals surface area contributed by atoms with Gasteiger partial charge in [-0.15, -0.1) is 0 Å². The number of rotatable bonds is 3. The molecule has 1 saturated heterocycles. The molecule has 3 rings (SSSR count). The van der Waals surface area contributed by atoms with Crippen LogP contribution in [0.15, 0.2) is 36.4 Å². The van der Waals surface area contributed by atoms with Gasteiger partial charge in [0.1, 0.15) is 0 Å². The summed E-state index contributed by atoms with van der Waals surface area (Å²) in [6.07, 6.45) is -2.57. The van der Waals surface area contributed by atoms with Crippen LogP contribution in [0.4, 0.5) is 24.5 Å². The van der Waals surface area contributed by atoms with E-state index in [1.807, 2.05) is 4.90 Å². The van der Waals surface area contributed by atoms with E-state index >= 15 is 0 Å². The number of anilines is 2. The monoisotopic (exact) mass is 402 g/mol. The van der Waals surface area contributed by atoms with Crippen LogP contribution in [0.3, 0.4) is 0 Å². The van der Waals surface area contributed by atoms with Gasteiger partial charge in [-0.3, -0.25) is 4.79 Å². The van der Waals surface area contributed by atoms with Crippen molar-refractivity contribution in [3.05, 3.63) is 57.6 Å². The number of nitrogens with zero attached hydrogens (tertiary/aromatic N) is 1. The van der Waals surface area contributed by atoms with Gasteiger partial charge in [-0.2, -0.15) is 13.2 Å². The maximum atomic E-state index is 13.1. The average molecular weight is 403 g/mol. The molecule has 0 unspecified atom stereocenters. The Morgan fingerprint density at radius 3 is 2.31 bits per heavy atom. The van der Waals surface area contributed by atoms with Crippen LogP contribution in [0, 0.1) is 0 Å². The molecule has 2 aromatic carbocycles. The average Bonchev–Trinajstić information content (AvgIpc) is 3.10. The topological polar surface area (TPSA) is 32.3 Å². The molecule has 8 heteroatoms. The summed E-state index contributed by atoms with van der Waals surface area (Å²) in [4.78, 5) is 14.5. The summed E-state index contributed by atoms with van der Waals surface area (Å²) < 4.78 is 39.2. The van der Waals surface area contributed by atoms with Crippen LogP contribution in [0.5, 0.6) is 0 Å². The van der Waals surface area contributed by atoms with E-state index in [1.54, 1.807) is 0 Å². The number of alkyl halides is 3. The third-order valence-electron chi connectivity index (χ3n) is 4.20. The molecule has 26 heavy (non-hydrogen) atoms. The van der Waals surface area contributed by atoms with Crippen LogP contribution < -0.4 is 10.2 Å². The minimum Gasteiger partial charge on any atom is -0.370 e. The summed E-state index contributed by atoms with van der Waals surface area (Å²) in [6, 6.07) is 7.70. The number of benzene rings is 2. The molecule has 0 spiro atoms. The molecule has 1 aliphatic rings. The highest BCUT2D eigenvalue weighted by Gasteiger charge is 2.32. The second kappa shape index (κ2) is 7.37. The van der Waals surface area contributed by atoms with Crippen LogP contribution >= 0.6 is 23.2 Å². The Kier molecular flexibility index (Phi) is 5.34. The van der Waals surface area contributed by atoms with Crippen molar-refractivity contribution in [1.29, 1.82) is 0 Å². The Morgan fingerprint density at radius 1 is 1.00 bits per heavy atom. The highest BCUT2D eigenvalue weighted by Crippen LogP contribution is 2.36. The van der Waals surface area contributed by atoms with E-state index in [0.717, 1.165) is 38.1 Å². The maximum Gasteiger partial charge on any atom is 0.416 e. The Labute approximate surface area is 158 Å². The zero-order valence-corrected chi connectivity index (χ0v) is 15.0. The van der Waals surface area contributed by atoms with Crippen LogP contribution in [-0.2, 0) is 6.18 Å². The van der Waals surface area contributed by atoms with Crippen LogP contribution in [0.25, 0.3) is 0 Å². The van der Waals surface area contributed by atoms with Gasteiger partial charge in [0.05, 0.1) is 27.0 Å². The highest BCUT2D eigenvalue weighted by molar-refractivity contribution is 6.42. The molecule has 1 heterocycles. The molecule has 0 radical (unpaired) electrons. The van der Waals surface area contributed by atoms with Crippen molar-refractivity contribution in [2.45, 2.75) is 19.0 Å². The van der Waals surface area contributed by atoms with Gasteiger partial charge in [0, 0.05) is 18.7 Å². The predicted octanol–water partition coefficient (Wildman–Crippen LogP) is 5.86. The summed E-state index contributed by atoms with van der Waals surface area (Å²) in [6.45, 7) is 1.47. The smallest absolute Gasteiger partial charge is 0.370 e. The Balaban J connectivity index is 1.95. The molecule has 0 aromatic heterocycles. The minimum atomic E-state index is -4.49. The lowest BCUT2D eigenvalue weighted by Gasteiger charge is -2.23. The maximum absolute atomic E-state index is 13.1. The molecule has 2 aromatic rings. The predicted molar refractivity (Wildman–Crippen MR) is 97.3 cm³/mol. The second-order valence-corrected chi connectivity index (χ2v) is 6.82. The molecule has 138 valence electrons. The largest absolute Gasteiger partial charge is 0.416 e. The lowest BCUT2D eigenvalue weighted by Crippen LogP contribution is -2.22. The van der Waals surface area contributed by atoms with Crippen molar-refractivity contribution in [2.24, 2.45) is 0 Å². The lowest BCUT2D eigenvalue weighted by molar-refractivity contribution is -0.137. The van der Waals surface area contributed by atoms with Gasteiger partial charge in [-0.05, 0) is 49.2 Å². The van der Waals surface area contributed by atoms with E-state index in [1.165, 1.54) is 24.3 Å². The summed E-state index contributed by atoms with van der Waals surface area (Å²) in [5.41, 5.74) is 0.0933. The molecule has 1 aliphatic heterocycles. The normalized spacial score (nSPS) is 14.6. The van der Waals surface area contributed by atoms with E-state index < -0.39 is 17.6 Å². The third-order valence-corrected chi connectivity index (χ3v) is 4.94. The van der Waals surface area contributed by atoms with Crippen LogP contribution in [-0.4, -0.2) is 19.0 Å². The summed E-state index contributed by atoms with van der Waals surface area (Å²) in [7, 11) is 0. The van der Waals surface area contributed by atoms with Gasteiger partial charge in [0.15, 0.2) is 0 Å². The van der Waals surface area contributed by atoms with Crippen molar-refractivity contribution >= 4 is 40.5 Å². The third kappa shape index (κ3) is 4.07. The first-order valence-corrected chi connectivity index (χ1v) is 8.74. The summed E-state index contributed by atoms with van der Waals surface area (Å²) >= 11 is 11.7. The molecular weight excluding hydrogens is 388 g/mol. The van der Waals surface area contributed by atoms with Crippen molar-refractivity contribution in [3.63, 3.8) is 0 Å². The van der Waals surface area contributed by atoms with Gasteiger partial charge >= 0.3 is 6.18 Å². The van der Waals surface area contributed by atoms with Crippen molar-refractivity contribution in [2.75, 3.05) is 23.3 Å². The number of amides is 1. The van der Waals surface area contributed by atoms with E-state index in [2.05, 4.69) is 5.32 Å². The first-order chi connectivity index (χ1) is 12.3. The highest BCUT2D eigenvalue weighted by atomic mass is 35.5. The Hall–Kier alpha value is -1.92. The van der Waals surface area contributed by atoms with Gasteiger partial charge in [-0.1, -0.05) is 23.2 Å². The molecule has 0 atom stereocenters. The first kappa shape index (κ1) is 18.9. The second-order valence-electron chi connectivity index (χ2n) is 6.01. The number of hydrogen-bond donors (Lipinski definition) is 1. The molecule has 0 bridgehead atoms. The quantitative estimate of drug-likeness (QED) is 0.696. The summed E-state index contributed by atoms with van der Waals surface area (Å²) in [5.74, 6) is -0.552. The lowest BCUT2D eigenvalue weighted by atomic mass is 10.1. The molecule has 1 amide bonds. The van der Waals surface area contributed by atoms with Crippen molar-refractivity contribution in [3.8, 4) is 0 Å². The van der Waals surface area contributed by atoms with Gasteiger partial charge in [-0.25, -0.2) is 0 Å². The fourth-order valence-electron chi connectivity index (χ4n) is 2.88. The standard InChI is InChI=1S/C18H15Cl2F3N2O/c19-13-5-3-11(9-14(13)20)17(26)24-15-10-12(18(21,22)23)4-6-16(15)25-7-1-2-8-25/h3-6,9-10H,1-2,7-8H2,(H,24,26). The van der Waals surface area contributed by atoms with E-state index in [4.69, 9.17) is 23.2 Å². The van der Waals surface area contributed by atoms with Crippen LogP contribution in [0.1, 0.15) is 28.8 Å². The zero-order valence-electron chi connectivity index (χ0n) is 13.5. The van der Waals surface area contributed by atoms with E-state index in [0.29, 0.717) is 10.7 Å². The van der Waals surface area contributed by atoms with Gasteiger partial charge in [0.2, 0.25) is 0 Å². The van der Waals surface area contributed by atoms with E-state index in [9.17, 15) is 18.0 Å². The Bertz CT molecular complexity index is 834. The number of hydrogen-bond acceptors (Lipinski definition) is 2. The first-order valence-electron chi connectivity index (χ1n) is 7.98. The SMILES string of the molecule is O=C(Nc1cc(C(F)(F)F)ccc1N1CCCC1)c1ccc(Cl)c(Cl)c1. The number of carbonyl (C=O) groups excluding carboxylic acids is 1. The Morgan fingerprint density at radius 2 is 1.69 bits per heavy atom. The fraction of sp³-hybridized carbons (Fsp3) is 0.278. The molecule has 0 saturated carbocycles. The fourth-order valence-corrected chi connectivity index (χ4v) is 3.18. The molecule has 1 N–H and O–H groups in total. The zero-order chi connectivity index (χ0) is 18.9. The molecule has 0 aliphatic carbocycles. The van der Waals surface area contributed by atoms with Crippen molar-refractivity contribution < 1.29 is 18.0 Å². The molecule has 3 nitrogen and oxygen atoms in total. The van der Waals surface area contributed by atoms with Gasteiger partial charge < -0.3 is 10.2 Å². The van der Waals surface area contributed by atoms with Gasteiger partial charge in [0.25, 0.3) is 5.91 Å². The molecular formula is C18H15Cl2F3N2O. The summed E-state index contributed by atoms with van der Waals surface area (Å²) in [5, 5.41) is 3.07. The number of carbonyl (C=O) groups is 1. The van der Waals surface area contributed by atoms with E-state index in [-0.39, 0.29) is 16.3 Å². The number of halogens is 5.